The van der Waals surface area contributed by atoms with E-state index in [1.165, 1.54) is 6.33 Å². The number of anilines is 1. The quantitative estimate of drug-likeness (QED) is 0.622. The van der Waals surface area contributed by atoms with Gasteiger partial charge in [-0.15, -0.1) is 0 Å². The maximum Gasteiger partial charge on any atom is 0.254 e. The first-order valence-electron chi connectivity index (χ1n) is 7.64. The third-order valence-electron chi connectivity index (χ3n) is 3.81. The van der Waals surface area contributed by atoms with Crippen molar-refractivity contribution in [3.8, 4) is 11.3 Å². The van der Waals surface area contributed by atoms with Crippen LogP contribution in [0.25, 0.3) is 17.0 Å². The first kappa shape index (κ1) is 14.4. The standard InChI is InChI=1S/C17H16N6O/c1-11-12(2)24-16(21-11)9-18-15-8-14(13-6-4-3-5-7-13)22-17-19-10-20-23(15)17/h3-8,10,18H,9H2,1-2H3. The Balaban J connectivity index is 1.69. The first-order valence-corrected chi connectivity index (χ1v) is 7.64. The molecule has 3 heterocycles. The maximum atomic E-state index is 5.61. The number of rotatable bonds is 4. The highest BCUT2D eigenvalue weighted by Crippen LogP contribution is 2.21. The van der Waals surface area contributed by atoms with E-state index in [0.29, 0.717) is 18.2 Å². The van der Waals surface area contributed by atoms with Crippen molar-refractivity contribution in [2.24, 2.45) is 0 Å². The van der Waals surface area contributed by atoms with E-state index in [2.05, 4.69) is 25.4 Å². The minimum absolute atomic E-state index is 0.460. The molecule has 0 aliphatic carbocycles. The van der Waals surface area contributed by atoms with Gasteiger partial charge in [0, 0.05) is 11.6 Å². The molecule has 0 bridgehead atoms. The molecule has 0 spiro atoms. The second-order valence-corrected chi connectivity index (χ2v) is 5.47. The van der Waals surface area contributed by atoms with Crippen molar-refractivity contribution in [3.63, 3.8) is 0 Å². The van der Waals surface area contributed by atoms with Crippen LogP contribution < -0.4 is 5.32 Å². The minimum atomic E-state index is 0.460. The summed E-state index contributed by atoms with van der Waals surface area (Å²) in [5, 5.41) is 7.52. The number of hydrogen-bond acceptors (Lipinski definition) is 6. The molecular weight excluding hydrogens is 304 g/mol. The molecule has 24 heavy (non-hydrogen) atoms. The van der Waals surface area contributed by atoms with Gasteiger partial charge in [0.05, 0.1) is 17.9 Å². The van der Waals surface area contributed by atoms with Gasteiger partial charge in [-0.1, -0.05) is 30.3 Å². The summed E-state index contributed by atoms with van der Waals surface area (Å²) in [6.45, 7) is 4.29. The number of hydrogen-bond donors (Lipinski definition) is 1. The first-order chi connectivity index (χ1) is 11.7. The van der Waals surface area contributed by atoms with Gasteiger partial charge in [0.1, 0.15) is 17.9 Å². The van der Waals surface area contributed by atoms with E-state index in [1.807, 2.05) is 50.2 Å². The van der Waals surface area contributed by atoms with Crippen LogP contribution in [0, 0.1) is 13.8 Å². The summed E-state index contributed by atoms with van der Waals surface area (Å²) >= 11 is 0. The fourth-order valence-corrected chi connectivity index (χ4v) is 2.48. The fourth-order valence-electron chi connectivity index (χ4n) is 2.48. The smallest absolute Gasteiger partial charge is 0.254 e. The van der Waals surface area contributed by atoms with Crippen LogP contribution in [-0.4, -0.2) is 24.6 Å². The van der Waals surface area contributed by atoms with Crippen molar-refractivity contribution >= 4 is 11.6 Å². The van der Waals surface area contributed by atoms with Gasteiger partial charge in [-0.2, -0.15) is 14.6 Å². The van der Waals surface area contributed by atoms with Gasteiger partial charge >= 0.3 is 0 Å². The van der Waals surface area contributed by atoms with E-state index in [9.17, 15) is 0 Å². The van der Waals surface area contributed by atoms with Gasteiger partial charge in [0.2, 0.25) is 5.89 Å². The lowest BCUT2D eigenvalue weighted by Gasteiger charge is -2.08. The molecule has 7 heteroatoms. The predicted octanol–water partition coefficient (Wildman–Crippen LogP) is 3.01. The van der Waals surface area contributed by atoms with E-state index in [4.69, 9.17) is 4.42 Å². The normalized spacial score (nSPS) is 11.1. The number of aryl methyl sites for hydroxylation is 2. The van der Waals surface area contributed by atoms with Crippen molar-refractivity contribution in [2.75, 3.05) is 5.32 Å². The SMILES string of the molecule is Cc1nc(CNc2cc(-c3ccccc3)nc3ncnn23)oc1C. The van der Waals surface area contributed by atoms with Crippen LogP contribution in [0.3, 0.4) is 0 Å². The van der Waals surface area contributed by atoms with E-state index < -0.39 is 0 Å². The number of benzene rings is 1. The Bertz CT molecular complexity index is 969. The summed E-state index contributed by atoms with van der Waals surface area (Å²) in [6.07, 6.45) is 1.49. The highest BCUT2D eigenvalue weighted by Gasteiger charge is 2.11. The van der Waals surface area contributed by atoms with Crippen molar-refractivity contribution < 1.29 is 4.42 Å². The molecular formula is C17H16N6O. The van der Waals surface area contributed by atoms with Crippen molar-refractivity contribution in [1.82, 2.24) is 24.6 Å². The summed E-state index contributed by atoms with van der Waals surface area (Å²) in [5.74, 6) is 2.79. The summed E-state index contributed by atoms with van der Waals surface area (Å²) < 4.78 is 7.27. The fraction of sp³-hybridized carbons (Fsp3) is 0.176. The molecule has 0 atom stereocenters. The molecule has 0 saturated heterocycles. The summed E-state index contributed by atoms with van der Waals surface area (Å²) in [4.78, 5) is 13.1. The Morgan fingerprint density at radius 3 is 2.71 bits per heavy atom. The molecule has 7 nitrogen and oxygen atoms in total. The van der Waals surface area contributed by atoms with Crippen LogP contribution in [0.5, 0.6) is 0 Å². The maximum absolute atomic E-state index is 5.61. The summed E-state index contributed by atoms with van der Waals surface area (Å²) in [7, 11) is 0. The molecule has 3 aromatic heterocycles. The molecule has 0 aliphatic rings. The third-order valence-corrected chi connectivity index (χ3v) is 3.81. The van der Waals surface area contributed by atoms with Crippen LogP contribution in [0.15, 0.2) is 47.1 Å². The molecule has 0 aliphatic heterocycles. The predicted molar refractivity (Wildman–Crippen MR) is 89.5 cm³/mol. The Morgan fingerprint density at radius 2 is 1.96 bits per heavy atom. The zero-order chi connectivity index (χ0) is 16.5. The van der Waals surface area contributed by atoms with Gasteiger partial charge in [-0.05, 0) is 13.8 Å². The molecule has 0 saturated carbocycles. The second kappa shape index (κ2) is 5.77. The molecule has 120 valence electrons. The number of aromatic nitrogens is 5. The zero-order valence-electron chi connectivity index (χ0n) is 13.4. The van der Waals surface area contributed by atoms with Gasteiger partial charge in [0.25, 0.3) is 5.78 Å². The number of nitrogens with zero attached hydrogens (tertiary/aromatic N) is 5. The van der Waals surface area contributed by atoms with Gasteiger partial charge in [-0.3, -0.25) is 0 Å². The Morgan fingerprint density at radius 1 is 1.12 bits per heavy atom. The van der Waals surface area contributed by atoms with Crippen LogP contribution in [0.4, 0.5) is 5.82 Å². The molecule has 0 radical (unpaired) electrons. The van der Waals surface area contributed by atoms with Gasteiger partial charge in [0.15, 0.2) is 0 Å². The highest BCUT2D eigenvalue weighted by molar-refractivity contribution is 5.65. The van der Waals surface area contributed by atoms with Gasteiger partial charge in [-0.25, -0.2) is 9.97 Å². The van der Waals surface area contributed by atoms with E-state index in [1.54, 1.807) is 4.52 Å². The average molecular weight is 320 g/mol. The van der Waals surface area contributed by atoms with E-state index >= 15 is 0 Å². The summed E-state index contributed by atoms with van der Waals surface area (Å²) in [5.41, 5.74) is 2.75. The molecule has 4 rings (SSSR count). The molecule has 0 unspecified atom stereocenters. The lowest BCUT2D eigenvalue weighted by atomic mass is 10.1. The summed E-state index contributed by atoms with van der Waals surface area (Å²) in [6, 6.07) is 11.9. The number of nitrogens with one attached hydrogen (secondary N) is 1. The second-order valence-electron chi connectivity index (χ2n) is 5.47. The van der Waals surface area contributed by atoms with Crippen LogP contribution in [0.1, 0.15) is 17.3 Å². The van der Waals surface area contributed by atoms with Crippen molar-refractivity contribution in [3.05, 3.63) is 60.1 Å². The average Bonchev–Trinajstić information content (AvgIpc) is 3.20. The van der Waals surface area contributed by atoms with Gasteiger partial charge < -0.3 is 9.73 Å². The van der Waals surface area contributed by atoms with Crippen LogP contribution in [0.2, 0.25) is 0 Å². The molecule has 1 aromatic carbocycles. The Hall–Kier alpha value is -3.22. The highest BCUT2D eigenvalue weighted by atomic mass is 16.4. The molecule has 0 fully saturated rings. The van der Waals surface area contributed by atoms with Crippen LogP contribution in [-0.2, 0) is 6.54 Å². The monoisotopic (exact) mass is 320 g/mol. The molecule has 0 amide bonds. The molecule has 4 aromatic rings. The minimum Gasteiger partial charge on any atom is -0.444 e. The third kappa shape index (κ3) is 2.60. The Labute approximate surface area is 138 Å². The number of fused-ring (bicyclic) bond motifs is 1. The largest absolute Gasteiger partial charge is 0.444 e. The topological polar surface area (TPSA) is 81.1 Å². The number of oxazole rings is 1. The van der Waals surface area contributed by atoms with E-state index in [0.717, 1.165) is 28.5 Å². The Kier molecular flexibility index (Phi) is 3.45. The lowest BCUT2D eigenvalue weighted by molar-refractivity contribution is 0.478. The lowest BCUT2D eigenvalue weighted by Crippen LogP contribution is -2.07. The molecule has 1 N–H and O–H groups in total. The van der Waals surface area contributed by atoms with Crippen molar-refractivity contribution in [1.29, 1.82) is 0 Å². The van der Waals surface area contributed by atoms with Crippen LogP contribution >= 0.6 is 0 Å². The van der Waals surface area contributed by atoms with Crippen molar-refractivity contribution in [2.45, 2.75) is 20.4 Å². The zero-order valence-corrected chi connectivity index (χ0v) is 13.4. The van der Waals surface area contributed by atoms with E-state index in [-0.39, 0.29) is 0 Å².